The molecule has 17 heavy (non-hydrogen) atoms. The van der Waals surface area contributed by atoms with Gasteiger partial charge < -0.3 is 9.88 Å². The van der Waals surface area contributed by atoms with Gasteiger partial charge in [0.1, 0.15) is 5.82 Å². The van der Waals surface area contributed by atoms with E-state index < -0.39 is 12.7 Å². The minimum absolute atomic E-state index is 0.0442. The molecule has 0 amide bonds. The van der Waals surface area contributed by atoms with Crippen molar-refractivity contribution in [3.8, 4) is 0 Å². The molecule has 0 aliphatic carbocycles. The summed E-state index contributed by atoms with van der Waals surface area (Å²) in [6.07, 6.45) is -0.680. The van der Waals surface area contributed by atoms with Crippen molar-refractivity contribution in [2.24, 2.45) is 0 Å². The molecule has 0 saturated heterocycles. The van der Waals surface area contributed by atoms with Crippen LogP contribution in [-0.2, 0) is 0 Å². The molecule has 6 heteroatoms. The first-order chi connectivity index (χ1) is 7.81. The number of nitrogens with zero attached hydrogens (tertiary/aromatic N) is 2. The van der Waals surface area contributed by atoms with Gasteiger partial charge in [0.25, 0.3) is 0 Å². The van der Waals surface area contributed by atoms with E-state index in [0.29, 0.717) is 0 Å². The Morgan fingerprint density at radius 1 is 1.35 bits per heavy atom. The van der Waals surface area contributed by atoms with E-state index in [1.165, 1.54) is 0 Å². The fourth-order valence-corrected chi connectivity index (χ4v) is 1.67. The van der Waals surface area contributed by atoms with Crippen molar-refractivity contribution in [2.75, 3.05) is 13.1 Å². The number of aromatic nitrogens is 2. The van der Waals surface area contributed by atoms with Gasteiger partial charge in [-0.05, 0) is 6.92 Å². The Kier molecular flexibility index (Phi) is 4.56. The normalized spacial score (nSPS) is 14.3. The molecule has 0 fully saturated rings. The Morgan fingerprint density at radius 2 is 2.00 bits per heavy atom. The van der Waals surface area contributed by atoms with E-state index in [1.54, 1.807) is 12.4 Å². The predicted octanol–water partition coefficient (Wildman–Crippen LogP) is 2.72. The van der Waals surface area contributed by atoms with Gasteiger partial charge in [0.15, 0.2) is 0 Å². The molecule has 0 bridgehead atoms. The van der Waals surface area contributed by atoms with E-state index in [4.69, 9.17) is 0 Å². The van der Waals surface area contributed by atoms with Crippen molar-refractivity contribution in [2.45, 2.75) is 38.9 Å². The lowest BCUT2D eigenvalue weighted by molar-refractivity contribution is -0.124. The quantitative estimate of drug-likeness (QED) is 0.869. The second-order valence-corrected chi connectivity index (χ2v) is 4.44. The third-order valence-electron chi connectivity index (χ3n) is 2.46. The van der Waals surface area contributed by atoms with Gasteiger partial charge in [-0.1, -0.05) is 13.8 Å². The van der Waals surface area contributed by atoms with Gasteiger partial charge in [0.05, 0.1) is 6.54 Å². The number of rotatable bonds is 5. The maximum atomic E-state index is 12.0. The van der Waals surface area contributed by atoms with Crippen LogP contribution in [0.25, 0.3) is 0 Å². The Labute approximate surface area is 99.0 Å². The van der Waals surface area contributed by atoms with Gasteiger partial charge in [-0.3, -0.25) is 0 Å². The molecule has 1 aromatic rings. The van der Waals surface area contributed by atoms with E-state index >= 15 is 0 Å². The molecule has 1 rings (SSSR count). The van der Waals surface area contributed by atoms with Crippen LogP contribution >= 0.6 is 0 Å². The summed E-state index contributed by atoms with van der Waals surface area (Å²) >= 11 is 0. The summed E-state index contributed by atoms with van der Waals surface area (Å²) in [5.41, 5.74) is 0. The van der Waals surface area contributed by atoms with Gasteiger partial charge in [0, 0.05) is 30.9 Å². The number of halogens is 3. The molecule has 0 spiro atoms. The third-order valence-corrected chi connectivity index (χ3v) is 2.46. The van der Waals surface area contributed by atoms with Gasteiger partial charge in [0.2, 0.25) is 0 Å². The van der Waals surface area contributed by atoms with E-state index in [-0.39, 0.29) is 18.5 Å². The highest BCUT2D eigenvalue weighted by Crippen LogP contribution is 2.17. The molecular weight excluding hydrogens is 231 g/mol. The van der Waals surface area contributed by atoms with Crippen molar-refractivity contribution in [3.63, 3.8) is 0 Å². The average molecular weight is 249 g/mol. The number of nitrogens with one attached hydrogen (secondary N) is 1. The maximum Gasteiger partial charge on any atom is 0.401 e. The Bertz CT molecular complexity index is 344. The lowest BCUT2D eigenvalue weighted by Gasteiger charge is -2.19. The fraction of sp³-hybridized carbons (Fsp3) is 0.727. The minimum Gasteiger partial charge on any atom is -0.331 e. The molecule has 0 saturated carbocycles. The van der Waals surface area contributed by atoms with Crippen LogP contribution in [0.5, 0.6) is 0 Å². The fourth-order valence-electron chi connectivity index (χ4n) is 1.67. The number of imidazole rings is 1. The highest BCUT2D eigenvalue weighted by atomic mass is 19.4. The largest absolute Gasteiger partial charge is 0.401 e. The topological polar surface area (TPSA) is 29.9 Å². The van der Waals surface area contributed by atoms with Gasteiger partial charge in [-0.15, -0.1) is 0 Å². The first kappa shape index (κ1) is 14.0. The highest BCUT2D eigenvalue weighted by Gasteiger charge is 2.26. The zero-order valence-electron chi connectivity index (χ0n) is 10.3. The lowest BCUT2D eigenvalue weighted by Crippen LogP contribution is -2.33. The summed E-state index contributed by atoms with van der Waals surface area (Å²) in [6.45, 7) is 5.21. The summed E-state index contributed by atoms with van der Waals surface area (Å²) in [6, 6.07) is -0.0442. The molecule has 98 valence electrons. The second-order valence-electron chi connectivity index (χ2n) is 4.44. The first-order valence-corrected chi connectivity index (χ1v) is 5.61. The molecular formula is C11H18F3N3. The number of hydrogen-bond donors (Lipinski definition) is 1. The van der Waals surface area contributed by atoms with Crippen LogP contribution in [0.3, 0.4) is 0 Å². The van der Waals surface area contributed by atoms with Crippen LogP contribution in [0.4, 0.5) is 13.2 Å². The van der Waals surface area contributed by atoms with Crippen molar-refractivity contribution in [3.05, 3.63) is 18.2 Å². The summed E-state index contributed by atoms with van der Waals surface area (Å²) in [7, 11) is 0. The smallest absolute Gasteiger partial charge is 0.331 e. The van der Waals surface area contributed by atoms with E-state index in [2.05, 4.69) is 10.3 Å². The molecule has 1 heterocycles. The molecule has 1 aromatic heterocycles. The van der Waals surface area contributed by atoms with Crippen molar-refractivity contribution in [1.29, 1.82) is 0 Å². The van der Waals surface area contributed by atoms with Gasteiger partial charge >= 0.3 is 6.18 Å². The Morgan fingerprint density at radius 3 is 2.53 bits per heavy atom. The molecule has 0 aliphatic rings. The van der Waals surface area contributed by atoms with E-state index in [1.807, 2.05) is 25.3 Å². The van der Waals surface area contributed by atoms with Crippen LogP contribution in [-0.4, -0.2) is 28.8 Å². The summed E-state index contributed by atoms with van der Waals surface area (Å²) < 4.78 is 37.8. The standard InChI is InChI=1S/C11H18F3N3/c1-8(2)10-16-4-5-17(10)9(3)6-15-7-11(12,13)14/h4-5,8-9,15H,6-7H2,1-3H3. The predicted molar refractivity (Wildman–Crippen MR) is 60.0 cm³/mol. The third kappa shape index (κ3) is 4.38. The molecule has 0 aromatic carbocycles. The summed E-state index contributed by atoms with van der Waals surface area (Å²) in [5.74, 6) is 1.15. The van der Waals surface area contributed by atoms with Crippen molar-refractivity contribution in [1.82, 2.24) is 14.9 Å². The van der Waals surface area contributed by atoms with Crippen molar-refractivity contribution < 1.29 is 13.2 Å². The van der Waals surface area contributed by atoms with Crippen LogP contribution in [0.15, 0.2) is 12.4 Å². The maximum absolute atomic E-state index is 12.0. The number of alkyl halides is 3. The first-order valence-electron chi connectivity index (χ1n) is 5.61. The second kappa shape index (κ2) is 5.53. The molecule has 3 nitrogen and oxygen atoms in total. The SMILES string of the molecule is CC(C)c1nccn1C(C)CNCC(F)(F)F. The Balaban J connectivity index is 2.52. The molecule has 1 atom stereocenters. The molecule has 0 aliphatic heterocycles. The van der Waals surface area contributed by atoms with Crippen LogP contribution in [0.1, 0.15) is 38.6 Å². The number of hydrogen-bond acceptors (Lipinski definition) is 2. The van der Waals surface area contributed by atoms with Gasteiger partial charge in [-0.2, -0.15) is 13.2 Å². The molecule has 1 N–H and O–H groups in total. The average Bonchev–Trinajstić information content (AvgIpc) is 2.63. The van der Waals surface area contributed by atoms with Crippen LogP contribution < -0.4 is 5.32 Å². The molecule has 1 unspecified atom stereocenters. The van der Waals surface area contributed by atoms with Gasteiger partial charge in [-0.25, -0.2) is 4.98 Å². The lowest BCUT2D eigenvalue weighted by atomic mass is 10.2. The highest BCUT2D eigenvalue weighted by molar-refractivity contribution is 4.99. The van der Waals surface area contributed by atoms with Crippen LogP contribution in [0, 0.1) is 0 Å². The Hall–Kier alpha value is -1.04. The van der Waals surface area contributed by atoms with E-state index in [0.717, 1.165) is 5.82 Å². The molecule has 0 radical (unpaired) electrons. The van der Waals surface area contributed by atoms with Crippen molar-refractivity contribution >= 4 is 0 Å². The zero-order chi connectivity index (χ0) is 13.1. The summed E-state index contributed by atoms with van der Waals surface area (Å²) in [5, 5.41) is 2.41. The zero-order valence-corrected chi connectivity index (χ0v) is 10.3. The monoisotopic (exact) mass is 249 g/mol. The van der Waals surface area contributed by atoms with Crippen LogP contribution in [0.2, 0.25) is 0 Å². The minimum atomic E-state index is -4.16. The van der Waals surface area contributed by atoms with E-state index in [9.17, 15) is 13.2 Å². The summed E-state index contributed by atoms with van der Waals surface area (Å²) in [4.78, 5) is 4.21.